The molecule has 0 amide bonds. The van der Waals surface area contributed by atoms with Gasteiger partial charge in [0.05, 0.1) is 24.3 Å². The van der Waals surface area contributed by atoms with Gasteiger partial charge in [-0.3, -0.25) is 0 Å². The first-order valence-electron chi connectivity index (χ1n) is 8.84. The van der Waals surface area contributed by atoms with Crippen LogP contribution < -0.4 is 4.74 Å². The molecule has 0 N–H and O–H groups in total. The minimum Gasteiger partial charge on any atom is -0.491 e. The van der Waals surface area contributed by atoms with Crippen LogP contribution in [0.25, 0.3) is 0 Å². The molecule has 2 aromatic rings. The lowest BCUT2D eigenvalue weighted by Crippen LogP contribution is -2.16. The second-order valence-electron chi connectivity index (χ2n) is 6.24. The molecule has 27 heavy (non-hydrogen) atoms. The van der Waals surface area contributed by atoms with Crippen LogP contribution in [0.3, 0.4) is 0 Å². The van der Waals surface area contributed by atoms with Gasteiger partial charge in [0, 0.05) is 6.61 Å². The Labute approximate surface area is 158 Å². The van der Waals surface area contributed by atoms with Crippen LogP contribution in [0.4, 0.5) is 0 Å². The van der Waals surface area contributed by atoms with Gasteiger partial charge in [-0.2, -0.15) is 0 Å². The second-order valence-corrected chi connectivity index (χ2v) is 6.24. The van der Waals surface area contributed by atoms with Crippen LogP contribution in [0.5, 0.6) is 5.75 Å². The Morgan fingerprint density at radius 1 is 1.07 bits per heavy atom. The van der Waals surface area contributed by atoms with Crippen molar-refractivity contribution < 1.29 is 28.5 Å². The van der Waals surface area contributed by atoms with Gasteiger partial charge in [0.25, 0.3) is 0 Å². The van der Waals surface area contributed by atoms with E-state index in [4.69, 9.17) is 14.2 Å². The van der Waals surface area contributed by atoms with E-state index in [0.29, 0.717) is 29.0 Å². The Morgan fingerprint density at radius 2 is 1.89 bits per heavy atom. The lowest BCUT2D eigenvalue weighted by molar-refractivity contribution is 0.0472. The highest BCUT2D eigenvalue weighted by molar-refractivity contribution is 5.90. The van der Waals surface area contributed by atoms with Crippen LogP contribution in [0.2, 0.25) is 0 Å². The number of esters is 2. The summed E-state index contributed by atoms with van der Waals surface area (Å²) in [4.78, 5) is 23.7. The Kier molecular flexibility index (Phi) is 6.44. The summed E-state index contributed by atoms with van der Waals surface area (Å²) < 4.78 is 21.2. The summed E-state index contributed by atoms with van der Waals surface area (Å²) in [6, 6.07) is 13.6. The fraction of sp³-hybridized carbons (Fsp3) is 0.333. The third-order valence-electron chi connectivity index (χ3n) is 4.27. The lowest BCUT2D eigenvalue weighted by atomic mass is 10.1. The summed E-state index contributed by atoms with van der Waals surface area (Å²) in [5.41, 5.74) is 1.56. The number of hydrogen-bond donors (Lipinski definition) is 0. The topological polar surface area (TPSA) is 71.1 Å². The molecule has 1 aliphatic rings. The SMILES string of the molecule is COC(=O)c1cccc(COC(=O)c2ccc(OC[C@H]3CCCO3)cc2)c1. The van der Waals surface area contributed by atoms with Gasteiger partial charge in [-0.1, -0.05) is 12.1 Å². The van der Waals surface area contributed by atoms with Gasteiger partial charge in [0.15, 0.2) is 0 Å². The van der Waals surface area contributed by atoms with Crippen molar-refractivity contribution in [1.82, 2.24) is 0 Å². The largest absolute Gasteiger partial charge is 0.491 e. The minimum absolute atomic E-state index is 0.0704. The minimum atomic E-state index is -0.441. The van der Waals surface area contributed by atoms with Crippen LogP contribution in [0.15, 0.2) is 48.5 Å². The fourth-order valence-corrected chi connectivity index (χ4v) is 2.79. The molecule has 3 rings (SSSR count). The van der Waals surface area contributed by atoms with Crippen molar-refractivity contribution in [2.75, 3.05) is 20.3 Å². The van der Waals surface area contributed by atoms with Crippen molar-refractivity contribution in [1.29, 1.82) is 0 Å². The zero-order chi connectivity index (χ0) is 19.1. The Balaban J connectivity index is 1.51. The number of hydrogen-bond acceptors (Lipinski definition) is 6. The number of methoxy groups -OCH3 is 1. The summed E-state index contributed by atoms with van der Waals surface area (Å²) in [7, 11) is 1.32. The van der Waals surface area contributed by atoms with Crippen molar-refractivity contribution in [3.05, 3.63) is 65.2 Å². The number of carbonyl (C=O) groups is 2. The third-order valence-corrected chi connectivity index (χ3v) is 4.27. The Bertz CT molecular complexity index is 778. The third kappa shape index (κ3) is 5.31. The predicted octanol–water partition coefficient (Wildman–Crippen LogP) is 3.39. The zero-order valence-electron chi connectivity index (χ0n) is 15.2. The molecule has 1 aliphatic heterocycles. The summed E-state index contributed by atoms with van der Waals surface area (Å²) in [6.45, 7) is 1.38. The normalized spacial score (nSPS) is 16.0. The van der Waals surface area contributed by atoms with E-state index in [1.54, 1.807) is 48.5 Å². The molecule has 0 bridgehead atoms. The summed E-state index contributed by atoms with van der Waals surface area (Å²) in [6.07, 6.45) is 2.23. The van der Waals surface area contributed by atoms with Crippen molar-refractivity contribution in [3.8, 4) is 5.75 Å². The quantitative estimate of drug-likeness (QED) is 0.696. The molecule has 0 spiro atoms. The van der Waals surface area contributed by atoms with Gasteiger partial charge in [-0.15, -0.1) is 0 Å². The monoisotopic (exact) mass is 370 g/mol. The molecule has 142 valence electrons. The number of benzene rings is 2. The van der Waals surface area contributed by atoms with Crippen molar-refractivity contribution >= 4 is 11.9 Å². The highest BCUT2D eigenvalue weighted by Crippen LogP contribution is 2.17. The maximum Gasteiger partial charge on any atom is 0.338 e. The molecule has 0 saturated carbocycles. The molecular formula is C21H22O6. The maximum atomic E-state index is 12.2. The average Bonchev–Trinajstić information content (AvgIpc) is 3.24. The first kappa shape index (κ1) is 18.9. The number of carbonyl (C=O) groups excluding carboxylic acids is 2. The molecular weight excluding hydrogens is 348 g/mol. The van der Waals surface area contributed by atoms with Gasteiger partial charge in [-0.25, -0.2) is 9.59 Å². The van der Waals surface area contributed by atoms with E-state index in [-0.39, 0.29) is 12.7 Å². The average molecular weight is 370 g/mol. The molecule has 0 aliphatic carbocycles. The van der Waals surface area contributed by atoms with E-state index in [0.717, 1.165) is 19.4 Å². The molecule has 0 radical (unpaired) electrons. The molecule has 6 heteroatoms. The van der Waals surface area contributed by atoms with E-state index in [9.17, 15) is 9.59 Å². The van der Waals surface area contributed by atoms with Crippen molar-refractivity contribution in [3.63, 3.8) is 0 Å². The van der Waals surface area contributed by atoms with Gasteiger partial charge in [-0.05, 0) is 54.8 Å². The Hall–Kier alpha value is -2.86. The molecule has 1 atom stereocenters. The lowest BCUT2D eigenvalue weighted by Gasteiger charge is -2.11. The molecule has 0 unspecified atom stereocenters. The highest BCUT2D eigenvalue weighted by atomic mass is 16.5. The van der Waals surface area contributed by atoms with Crippen LogP contribution in [0, 0.1) is 0 Å². The molecule has 6 nitrogen and oxygen atoms in total. The number of rotatable bonds is 7. The van der Waals surface area contributed by atoms with Crippen LogP contribution >= 0.6 is 0 Å². The van der Waals surface area contributed by atoms with Crippen LogP contribution in [0.1, 0.15) is 39.1 Å². The molecule has 0 aromatic heterocycles. The van der Waals surface area contributed by atoms with E-state index >= 15 is 0 Å². The van der Waals surface area contributed by atoms with Crippen molar-refractivity contribution in [2.45, 2.75) is 25.6 Å². The zero-order valence-corrected chi connectivity index (χ0v) is 15.2. The smallest absolute Gasteiger partial charge is 0.338 e. The van der Waals surface area contributed by atoms with Gasteiger partial charge >= 0.3 is 11.9 Å². The maximum absolute atomic E-state index is 12.2. The second kappa shape index (κ2) is 9.19. The fourth-order valence-electron chi connectivity index (χ4n) is 2.79. The van der Waals surface area contributed by atoms with E-state index in [1.807, 2.05) is 0 Å². The first-order chi connectivity index (χ1) is 13.2. The molecule has 2 aromatic carbocycles. The van der Waals surface area contributed by atoms with Gasteiger partial charge < -0.3 is 18.9 Å². The first-order valence-corrected chi connectivity index (χ1v) is 8.84. The molecule has 1 saturated heterocycles. The summed E-state index contributed by atoms with van der Waals surface area (Å²) in [5.74, 6) is -0.182. The number of ether oxygens (including phenoxy) is 4. The molecule has 1 heterocycles. The van der Waals surface area contributed by atoms with Crippen molar-refractivity contribution in [2.24, 2.45) is 0 Å². The summed E-state index contributed by atoms with van der Waals surface area (Å²) in [5, 5.41) is 0. The van der Waals surface area contributed by atoms with Crippen LogP contribution in [-0.4, -0.2) is 38.4 Å². The molecule has 1 fully saturated rings. The van der Waals surface area contributed by atoms with E-state index in [2.05, 4.69) is 4.74 Å². The standard InChI is InChI=1S/C21H22O6/c1-24-20(22)17-5-2-4-15(12-17)13-27-21(23)16-7-9-18(10-8-16)26-14-19-6-3-11-25-19/h2,4-5,7-10,12,19H,3,6,11,13-14H2,1H3/t19-/m1/s1. The highest BCUT2D eigenvalue weighted by Gasteiger charge is 2.16. The van der Waals surface area contributed by atoms with E-state index < -0.39 is 11.9 Å². The van der Waals surface area contributed by atoms with Gasteiger partial charge in [0.1, 0.15) is 19.0 Å². The van der Waals surface area contributed by atoms with Gasteiger partial charge in [0.2, 0.25) is 0 Å². The van der Waals surface area contributed by atoms with E-state index in [1.165, 1.54) is 7.11 Å². The Morgan fingerprint density at radius 3 is 2.59 bits per heavy atom. The van der Waals surface area contributed by atoms with Crippen LogP contribution in [-0.2, 0) is 20.8 Å². The summed E-state index contributed by atoms with van der Waals surface area (Å²) >= 11 is 0. The predicted molar refractivity (Wildman–Crippen MR) is 97.8 cm³/mol.